The summed E-state index contributed by atoms with van der Waals surface area (Å²) in [6, 6.07) is 14.6. The third-order valence-electron chi connectivity index (χ3n) is 2.96. The fourth-order valence-electron chi connectivity index (χ4n) is 1.98. The first-order valence-corrected chi connectivity index (χ1v) is 6.06. The van der Waals surface area contributed by atoms with Crippen LogP contribution in [-0.2, 0) is 0 Å². The zero-order valence-electron chi connectivity index (χ0n) is 10.7. The molecule has 0 atom stereocenters. The molecular weight excluding hydrogens is 274 g/mol. The molecule has 0 saturated heterocycles. The molecule has 0 spiro atoms. The molecule has 0 bridgehead atoms. The molecule has 0 aliphatic rings. The molecule has 7 heteroatoms. The first-order chi connectivity index (χ1) is 10.2. The van der Waals surface area contributed by atoms with Gasteiger partial charge < -0.3 is 9.63 Å². The number of aromatic nitrogens is 2. The van der Waals surface area contributed by atoms with E-state index >= 15 is 0 Å². The second-order valence-corrected chi connectivity index (χ2v) is 4.26. The summed E-state index contributed by atoms with van der Waals surface area (Å²) < 4.78 is 6.07. The largest absolute Gasteiger partial charge is 0.539 e. The lowest BCUT2D eigenvalue weighted by molar-refractivity contribution is -0.660. The predicted octanol–water partition coefficient (Wildman–Crippen LogP) is 1.60. The summed E-state index contributed by atoms with van der Waals surface area (Å²) in [5, 5.41) is 26.2. The Balaban J connectivity index is 2.10. The van der Waals surface area contributed by atoms with Crippen LogP contribution in [0.15, 0.2) is 59.1 Å². The molecule has 1 heterocycles. The number of nitro groups is 1. The van der Waals surface area contributed by atoms with Crippen LogP contribution in [0.3, 0.4) is 0 Å². The lowest BCUT2D eigenvalue weighted by atomic mass is 10.1. The maximum atomic E-state index is 11.8. The van der Waals surface area contributed by atoms with Crippen LogP contribution in [-0.4, -0.2) is 10.2 Å². The average Bonchev–Trinajstić information content (AvgIpc) is 2.90. The van der Waals surface area contributed by atoms with Crippen LogP contribution in [0.2, 0.25) is 0 Å². The Labute approximate surface area is 118 Å². The normalized spacial score (nSPS) is 10.5. The van der Waals surface area contributed by atoms with E-state index in [0.717, 1.165) is 0 Å². The number of rotatable bonds is 3. The van der Waals surface area contributed by atoms with E-state index in [1.54, 1.807) is 24.3 Å². The number of hydrogen-bond acceptors (Lipinski definition) is 5. The van der Waals surface area contributed by atoms with Crippen molar-refractivity contribution in [3.63, 3.8) is 0 Å². The molecule has 0 unspecified atom stereocenters. The SMILES string of the molecule is O=[N+]([O-])c1ccc(-c2c([O-])on[n+]2-c2ccccc2)cc1. The van der Waals surface area contributed by atoms with Crippen molar-refractivity contribution in [1.82, 2.24) is 5.27 Å². The van der Waals surface area contributed by atoms with Gasteiger partial charge in [-0.1, -0.05) is 18.2 Å². The van der Waals surface area contributed by atoms with Crippen molar-refractivity contribution in [3.05, 3.63) is 64.7 Å². The van der Waals surface area contributed by atoms with Gasteiger partial charge in [0.25, 0.3) is 11.4 Å². The van der Waals surface area contributed by atoms with Crippen LogP contribution in [0.1, 0.15) is 0 Å². The Hall–Kier alpha value is -3.22. The summed E-state index contributed by atoms with van der Waals surface area (Å²) in [6.45, 7) is 0. The number of non-ortho nitro benzene ring substituents is 1. The molecule has 0 saturated carbocycles. The Morgan fingerprint density at radius 1 is 1.05 bits per heavy atom. The predicted molar refractivity (Wildman–Crippen MR) is 69.6 cm³/mol. The zero-order chi connectivity index (χ0) is 14.8. The van der Waals surface area contributed by atoms with E-state index in [9.17, 15) is 15.2 Å². The Morgan fingerprint density at radius 2 is 1.71 bits per heavy atom. The minimum Gasteiger partial charge on any atom is -0.539 e. The van der Waals surface area contributed by atoms with Crippen molar-refractivity contribution >= 4 is 5.69 Å². The average molecular weight is 283 g/mol. The van der Waals surface area contributed by atoms with Crippen molar-refractivity contribution in [2.45, 2.75) is 0 Å². The van der Waals surface area contributed by atoms with Gasteiger partial charge in [-0.15, -0.1) is 0 Å². The molecule has 0 aliphatic carbocycles. The van der Waals surface area contributed by atoms with Gasteiger partial charge in [-0.2, -0.15) is 0 Å². The van der Waals surface area contributed by atoms with Gasteiger partial charge in [-0.25, -0.2) is 0 Å². The van der Waals surface area contributed by atoms with Crippen LogP contribution in [0.4, 0.5) is 5.69 Å². The van der Waals surface area contributed by atoms with Gasteiger partial charge in [-0.05, 0) is 16.8 Å². The molecule has 0 N–H and O–H groups in total. The first-order valence-electron chi connectivity index (χ1n) is 6.06. The van der Waals surface area contributed by atoms with Crippen molar-refractivity contribution in [2.24, 2.45) is 0 Å². The zero-order valence-corrected chi connectivity index (χ0v) is 10.7. The molecule has 0 amide bonds. The van der Waals surface area contributed by atoms with Crippen LogP contribution in [0, 0.1) is 10.1 Å². The highest BCUT2D eigenvalue weighted by molar-refractivity contribution is 5.61. The molecule has 1 aromatic heterocycles. The van der Waals surface area contributed by atoms with Crippen molar-refractivity contribution in [2.75, 3.05) is 0 Å². The van der Waals surface area contributed by atoms with E-state index in [-0.39, 0.29) is 11.4 Å². The summed E-state index contributed by atoms with van der Waals surface area (Å²) >= 11 is 0. The van der Waals surface area contributed by atoms with Crippen LogP contribution in [0.5, 0.6) is 5.95 Å². The maximum Gasteiger partial charge on any atom is 0.270 e. The van der Waals surface area contributed by atoms with Gasteiger partial charge in [-0.3, -0.25) is 10.1 Å². The standard InChI is InChI=1S/C14H9N3O4/c18-14-13(10-6-8-12(9-7-10)17(19)20)16(15-21-14)11-4-2-1-3-5-11/h1-9H. The fraction of sp³-hybridized carbons (Fsp3) is 0. The number of benzene rings is 2. The van der Waals surface area contributed by atoms with Crippen LogP contribution in [0.25, 0.3) is 16.9 Å². The first kappa shape index (κ1) is 12.8. The van der Waals surface area contributed by atoms with Crippen LogP contribution < -0.4 is 9.79 Å². The van der Waals surface area contributed by atoms with Gasteiger partial charge in [0.2, 0.25) is 5.69 Å². The Bertz CT molecular complexity index is 782. The second kappa shape index (κ2) is 5.04. The minimum atomic E-state index is -0.604. The molecule has 104 valence electrons. The van der Waals surface area contributed by atoms with Crippen LogP contribution >= 0.6 is 0 Å². The van der Waals surface area contributed by atoms with E-state index in [0.29, 0.717) is 11.3 Å². The molecule has 0 fully saturated rings. The molecule has 21 heavy (non-hydrogen) atoms. The summed E-state index contributed by atoms with van der Waals surface area (Å²) in [7, 11) is 0. The van der Waals surface area contributed by atoms with E-state index in [2.05, 4.69) is 5.27 Å². The third kappa shape index (κ3) is 2.32. The van der Waals surface area contributed by atoms with Gasteiger partial charge in [0.1, 0.15) is 0 Å². The van der Waals surface area contributed by atoms with E-state index < -0.39 is 10.9 Å². The number of nitro benzene ring substituents is 1. The third-order valence-corrected chi connectivity index (χ3v) is 2.96. The summed E-state index contributed by atoms with van der Waals surface area (Å²) in [5.41, 5.74) is 1.33. The highest BCUT2D eigenvalue weighted by Crippen LogP contribution is 2.25. The Morgan fingerprint density at radius 3 is 2.33 bits per heavy atom. The summed E-state index contributed by atoms with van der Waals surface area (Å²) in [4.78, 5) is 10.2. The van der Waals surface area contributed by atoms with Gasteiger partial charge in [0.05, 0.1) is 15.8 Å². The highest BCUT2D eigenvalue weighted by Gasteiger charge is 2.22. The van der Waals surface area contributed by atoms with Crippen molar-refractivity contribution in [3.8, 4) is 22.9 Å². The summed E-state index contributed by atoms with van der Waals surface area (Å²) in [6.07, 6.45) is 0. The quantitative estimate of drug-likeness (QED) is 0.413. The number of nitrogens with zero attached hydrogens (tertiary/aromatic N) is 3. The highest BCUT2D eigenvalue weighted by atomic mass is 16.6. The van der Waals surface area contributed by atoms with Gasteiger partial charge in [0, 0.05) is 24.3 Å². The number of para-hydroxylation sites is 1. The molecule has 0 aliphatic heterocycles. The van der Waals surface area contributed by atoms with Crippen molar-refractivity contribution in [1.29, 1.82) is 0 Å². The van der Waals surface area contributed by atoms with Gasteiger partial charge >= 0.3 is 0 Å². The molecule has 7 nitrogen and oxygen atoms in total. The van der Waals surface area contributed by atoms with E-state index in [1.165, 1.54) is 28.9 Å². The topological polar surface area (TPSA) is 96.1 Å². The lowest BCUT2D eigenvalue weighted by Gasteiger charge is -1.98. The lowest BCUT2D eigenvalue weighted by Crippen LogP contribution is -2.34. The molecule has 0 radical (unpaired) electrons. The van der Waals surface area contributed by atoms with Gasteiger partial charge in [0.15, 0.2) is 5.95 Å². The number of hydrogen-bond donors (Lipinski definition) is 0. The minimum absolute atomic E-state index is 0.0473. The van der Waals surface area contributed by atoms with E-state index in [4.69, 9.17) is 4.52 Å². The summed E-state index contributed by atoms with van der Waals surface area (Å²) in [5.74, 6) is -0.604. The molecule has 3 rings (SSSR count). The van der Waals surface area contributed by atoms with Crippen molar-refractivity contribution < 1.29 is 19.2 Å². The smallest absolute Gasteiger partial charge is 0.270 e. The molecular formula is C14H9N3O4. The fourth-order valence-corrected chi connectivity index (χ4v) is 1.98. The van der Waals surface area contributed by atoms with E-state index in [1.807, 2.05) is 6.07 Å². The monoisotopic (exact) mass is 283 g/mol. The second-order valence-electron chi connectivity index (χ2n) is 4.26. The maximum absolute atomic E-state index is 11.8. The molecule has 2 aromatic carbocycles. The molecule has 3 aromatic rings. The Kier molecular flexibility index (Phi) is 3.07.